The minimum absolute atomic E-state index is 0.131. The van der Waals surface area contributed by atoms with Gasteiger partial charge in [-0.25, -0.2) is 13.6 Å². The van der Waals surface area contributed by atoms with Crippen LogP contribution in [0.15, 0.2) is 30.3 Å². The van der Waals surface area contributed by atoms with E-state index in [1.54, 1.807) is 6.07 Å². The Balaban J connectivity index is 1.45. The van der Waals surface area contributed by atoms with Crippen molar-refractivity contribution < 1.29 is 41.1 Å². The zero-order valence-electron chi connectivity index (χ0n) is 25.1. The lowest BCUT2D eigenvalue weighted by Gasteiger charge is -2.43. The second kappa shape index (κ2) is 14.6. The molecular weight excluding hydrogens is 639 g/mol. The summed E-state index contributed by atoms with van der Waals surface area (Å²) in [6, 6.07) is 4.78. The number of hydrogen-bond acceptors (Lipinski definition) is 6. The van der Waals surface area contributed by atoms with Gasteiger partial charge in [-0.1, -0.05) is 31.5 Å². The van der Waals surface area contributed by atoms with Crippen LogP contribution >= 0.6 is 11.6 Å². The number of piperazine rings is 1. The Bertz CT molecular complexity index is 1490. The van der Waals surface area contributed by atoms with E-state index in [-0.39, 0.29) is 29.8 Å². The topological polar surface area (TPSA) is 123 Å². The number of amides is 5. The van der Waals surface area contributed by atoms with Gasteiger partial charge in [0.2, 0.25) is 5.91 Å². The molecule has 16 heteroatoms. The number of nitrogens with one attached hydrogen (secondary N) is 4. The predicted molar refractivity (Wildman–Crippen MR) is 160 cm³/mol. The number of nitrogens with zero attached hydrogens (tertiary/aromatic N) is 2. The molecule has 2 heterocycles. The number of carbonyl (C=O) groups is 4. The van der Waals surface area contributed by atoms with Crippen LogP contribution in [-0.2, 0) is 16.1 Å². The van der Waals surface area contributed by atoms with Gasteiger partial charge in [-0.3, -0.25) is 24.6 Å². The molecule has 0 aliphatic carbocycles. The van der Waals surface area contributed by atoms with Crippen LogP contribution < -0.4 is 26.2 Å². The van der Waals surface area contributed by atoms with Crippen molar-refractivity contribution in [2.75, 3.05) is 36.4 Å². The van der Waals surface area contributed by atoms with Crippen molar-refractivity contribution in [3.8, 4) is 0 Å². The first-order valence-corrected chi connectivity index (χ1v) is 15.0. The fourth-order valence-electron chi connectivity index (χ4n) is 5.46. The first-order valence-electron chi connectivity index (χ1n) is 14.6. The van der Waals surface area contributed by atoms with E-state index in [0.717, 1.165) is 12.1 Å². The van der Waals surface area contributed by atoms with E-state index in [1.165, 1.54) is 12.1 Å². The Morgan fingerprint density at radius 3 is 2.48 bits per heavy atom. The lowest BCUT2D eigenvalue weighted by molar-refractivity contribution is -0.139. The molecule has 2 aliphatic rings. The van der Waals surface area contributed by atoms with Crippen LogP contribution in [0.1, 0.15) is 49.0 Å². The highest BCUT2D eigenvalue weighted by atomic mass is 35.5. The second-order valence-electron chi connectivity index (χ2n) is 11.6. The molecule has 2 saturated heterocycles. The zero-order chi connectivity index (χ0) is 33.8. The van der Waals surface area contributed by atoms with Gasteiger partial charge in [-0.05, 0) is 36.6 Å². The van der Waals surface area contributed by atoms with Crippen LogP contribution in [0.5, 0.6) is 0 Å². The fourth-order valence-corrected chi connectivity index (χ4v) is 5.63. The van der Waals surface area contributed by atoms with Crippen LogP contribution in [0.4, 0.5) is 38.1 Å². The van der Waals surface area contributed by atoms with Crippen LogP contribution in [-0.4, -0.2) is 73.1 Å². The Morgan fingerprint density at radius 2 is 1.83 bits per heavy atom. The molecule has 0 radical (unpaired) electrons. The lowest BCUT2D eigenvalue weighted by Crippen LogP contribution is -2.54. The fraction of sp³-hybridized carbons (Fsp3) is 0.467. The highest BCUT2D eigenvalue weighted by Crippen LogP contribution is 2.33. The van der Waals surface area contributed by atoms with Crippen molar-refractivity contribution in [3.05, 3.63) is 58.1 Å². The van der Waals surface area contributed by atoms with E-state index >= 15 is 4.39 Å². The summed E-state index contributed by atoms with van der Waals surface area (Å²) >= 11 is 6.26. The summed E-state index contributed by atoms with van der Waals surface area (Å²) in [7, 11) is 0. The first-order chi connectivity index (χ1) is 21.6. The van der Waals surface area contributed by atoms with Gasteiger partial charge in [0.05, 0.1) is 29.8 Å². The largest absolute Gasteiger partial charge is 0.390 e. The normalized spacial score (nSPS) is 18.8. The maximum atomic E-state index is 15.1. The summed E-state index contributed by atoms with van der Waals surface area (Å²) in [5.74, 6) is -4.94. The minimum Gasteiger partial charge on any atom is -0.367 e. The first kappa shape index (κ1) is 34.9. The third-order valence-corrected chi connectivity index (χ3v) is 7.95. The van der Waals surface area contributed by atoms with Gasteiger partial charge in [0, 0.05) is 49.4 Å². The number of alkyl halides is 3. The van der Waals surface area contributed by atoms with Gasteiger partial charge in [-0.15, -0.1) is 0 Å². The average molecular weight is 673 g/mol. The zero-order valence-corrected chi connectivity index (χ0v) is 25.8. The number of halogens is 6. The smallest absolute Gasteiger partial charge is 0.367 e. The number of imide groups is 1. The van der Waals surface area contributed by atoms with Crippen molar-refractivity contribution in [1.29, 1.82) is 0 Å². The highest BCUT2D eigenvalue weighted by molar-refractivity contribution is 6.31. The molecule has 2 atom stereocenters. The molecule has 2 aromatic carbocycles. The van der Waals surface area contributed by atoms with Crippen molar-refractivity contribution in [3.63, 3.8) is 0 Å². The number of carbonyl (C=O) groups excluding carboxylic acids is 4. The summed E-state index contributed by atoms with van der Waals surface area (Å²) < 4.78 is 68.9. The number of anilines is 2. The maximum Gasteiger partial charge on any atom is 0.390 e. The summed E-state index contributed by atoms with van der Waals surface area (Å²) in [4.78, 5) is 51.8. The highest BCUT2D eigenvalue weighted by Gasteiger charge is 2.34. The molecule has 2 aliphatic heterocycles. The molecule has 250 valence electrons. The summed E-state index contributed by atoms with van der Waals surface area (Å²) in [5.41, 5.74) is -0.124. The monoisotopic (exact) mass is 672 g/mol. The van der Waals surface area contributed by atoms with E-state index in [9.17, 15) is 36.7 Å². The molecule has 0 spiro atoms. The van der Waals surface area contributed by atoms with Crippen molar-refractivity contribution in [2.45, 2.75) is 57.9 Å². The van der Waals surface area contributed by atoms with Crippen LogP contribution in [0.2, 0.25) is 5.02 Å². The van der Waals surface area contributed by atoms with Gasteiger partial charge in [0.15, 0.2) is 11.6 Å². The number of hydrogen-bond donors (Lipinski definition) is 4. The third-order valence-electron chi connectivity index (χ3n) is 7.71. The number of urea groups is 1. The van der Waals surface area contributed by atoms with Crippen molar-refractivity contribution in [1.82, 2.24) is 20.9 Å². The lowest BCUT2D eigenvalue weighted by atomic mass is 9.99. The third kappa shape index (κ3) is 9.06. The Hall–Kier alpha value is -3.98. The number of rotatable bonds is 11. The van der Waals surface area contributed by atoms with Gasteiger partial charge >= 0.3 is 12.2 Å². The van der Waals surface area contributed by atoms with Crippen molar-refractivity contribution >= 4 is 46.7 Å². The van der Waals surface area contributed by atoms with Gasteiger partial charge in [0.25, 0.3) is 11.8 Å². The van der Waals surface area contributed by atoms with Gasteiger partial charge in [0.1, 0.15) is 6.04 Å². The van der Waals surface area contributed by atoms with Gasteiger partial charge in [-0.2, -0.15) is 13.2 Å². The molecule has 0 saturated carbocycles. The van der Waals surface area contributed by atoms with E-state index in [4.69, 9.17) is 11.6 Å². The van der Waals surface area contributed by atoms with Crippen LogP contribution in [0.25, 0.3) is 0 Å². The SMILES string of the molecule is CC(C)C[C@H]1CN(c2cc(Cl)ccc2NC(=O)c2ccc(CNC(=O)CC3NC(=O)NC3=O)c(F)c2F)CCN1CCC(F)(F)F. The Kier molecular flexibility index (Phi) is 11.1. The quantitative estimate of drug-likeness (QED) is 0.205. The molecule has 2 fully saturated rings. The Morgan fingerprint density at radius 1 is 1.09 bits per heavy atom. The van der Waals surface area contributed by atoms with Crippen LogP contribution in [0, 0.1) is 17.6 Å². The second-order valence-corrected chi connectivity index (χ2v) is 12.1. The van der Waals surface area contributed by atoms with E-state index in [2.05, 4.69) is 16.0 Å². The van der Waals surface area contributed by atoms with E-state index in [0.29, 0.717) is 36.8 Å². The predicted octanol–water partition coefficient (Wildman–Crippen LogP) is 4.57. The molecule has 0 aromatic heterocycles. The summed E-state index contributed by atoms with van der Waals surface area (Å²) in [6.07, 6.45) is -4.97. The standard InChI is InChI=1S/C30H34ClF5N6O4/c1-16(2)11-19-15-42(10-9-41(19)8-7-30(34,35)36)23-12-18(31)4-6-21(23)38-27(44)20-5-3-17(25(32)26(20)33)14-37-24(43)13-22-28(45)40-29(46)39-22/h3-6,12,16,19,22H,7-11,13-15H2,1-2H3,(H,37,43)(H,38,44)(H2,39,40,45,46)/t19-,22?/m0/s1. The molecule has 0 bridgehead atoms. The molecule has 46 heavy (non-hydrogen) atoms. The molecule has 2 aromatic rings. The van der Waals surface area contributed by atoms with Crippen LogP contribution in [0.3, 0.4) is 0 Å². The molecule has 1 unspecified atom stereocenters. The van der Waals surface area contributed by atoms with E-state index < -0.39 is 72.6 Å². The van der Waals surface area contributed by atoms with E-state index in [1.807, 2.05) is 29.0 Å². The molecule has 4 rings (SSSR count). The summed E-state index contributed by atoms with van der Waals surface area (Å²) in [5, 5.41) is 9.52. The summed E-state index contributed by atoms with van der Waals surface area (Å²) in [6.45, 7) is 4.44. The molecule has 5 amide bonds. The molecule has 4 N–H and O–H groups in total. The average Bonchev–Trinajstić information content (AvgIpc) is 3.28. The maximum absolute atomic E-state index is 15.1. The number of benzene rings is 2. The molecular formula is C30H34ClF5N6O4. The Labute approximate surface area is 267 Å². The minimum atomic E-state index is -4.28. The van der Waals surface area contributed by atoms with Gasteiger partial charge < -0.3 is 20.9 Å². The molecule has 10 nitrogen and oxygen atoms in total. The van der Waals surface area contributed by atoms with Crippen molar-refractivity contribution in [2.24, 2.45) is 5.92 Å².